The lowest BCUT2D eigenvalue weighted by Gasteiger charge is -2.15. The standard InChI is InChI=1S/C17H22N2O3S/c1-22-16-4-2-3-15(11-16)19-17(21)18-8-5-13(6-9-20)14-7-10-23-12-14/h2-4,7,10-13,20H,5-6,8-9H2,1H3,(H2,18,19,21)/t13-/m0/s1. The molecule has 0 radical (unpaired) electrons. The van der Waals surface area contributed by atoms with Crippen LogP contribution in [0.3, 0.4) is 0 Å². The molecule has 2 aromatic rings. The van der Waals surface area contributed by atoms with E-state index in [0.717, 1.165) is 6.42 Å². The first-order valence-electron chi connectivity index (χ1n) is 7.54. The third kappa shape index (κ3) is 5.58. The molecule has 0 spiro atoms. The van der Waals surface area contributed by atoms with E-state index < -0.39 is 0 Å². The number of carbonyl (C=O) groups is 1. The van der Waals surface area contributed by atoms with Gasteiger partial charge in [0.25, 0.3) is 0 Å². The molecule has 1 heterocycles. The van der Waals surface area contributed by atoms with Crippen LogP contribution in [0.1, 0.15) is 24.3 Å². The first kappa shape index (κ1) is 17.3. The van der Waals surface area contributed by atoms with Gasteiger partial charge in [0, 0.05) is 24.9 Å². The topological polar surface area (TPSA) is 70.6 Å². The Morgan fingerprint density at radius 3 is 2.91 bits per heavy atom. The zero-order chi connectivity index (χ0) is 16.5. The Morgan fingerprint density at radius 2 is 2.22 bits per heavy atom. The molecule has 0 bridgehead atoms. The number of thiophene rings is 1. The Balaban J connectivity index is 1.79. The molecule has 0 fully saturated rings. The van der Waals surface area contributed by atoms with Crippen molar-refractivity contribution in [1.82, 2.24) is 5.32 Å². The van der Waals surface area contributed by atoms with Gasteiger partial charge in [0.1, 0.15) is 5.75 Å². The van der Waals surface area contributed by atoms with Crippen molar-refractivity contribution in [2.24, 2.45) is 0 Å². The normalized spacial score (nSPS) is 11.7. The number of rotatable bonds is 8. The second-order valence-corrected chi connectivity index (χ2v) is 5.95. The Kier molecular flexibility index (Phi) is 6.90. The highest BCUT2D eigenvalue weighted by Gasteiger charge is 2.12. The van der Waals surface area contributed by atoms with Crippen LogP contribution < -0.4 is 15.4 Å². The fourth-order valence-corrected chi connectivity index (χ4v) is 3.12. The largest absolute Gasteiger partial charge is 0.497 e. The van der Waals surface area contributed by atoms with Gasteiger partial charge in [-0.1, -0.05) is 6.07 Å². The third-order valence-electron chi connectivity index (χ3n) is 3.60. The third-order valence-corrected chi connectivity index (χ3v) is 4.30. The Labute approximate surface area is 140 Å². The van der Waals surface area contributed by atoms with E-state index in [-0.39, 0.29) is 18.6 Å². The Morgan fingerprint density at radius 1 is 1.35 bits per heavy atom. The predicted molar refractivity (Wildman–Crippen MR) is 93.4 cm³/mol. The maximum absolute atomic E-state index is 11.9. The van der Waals surface area contributed by atoms with Crippen LogP contribution in [0.15, 0.2) is 41.1 Å². The molecule has 124 valence electrons. The molecule has 0 saturated heterocycles. The van der Waals surface area contributed by atoms with Crippen molar-refractivity contribution in [3.8, 4) is 5.75 Å². The summed E-state index contributed by atoms with van der Waals surface area (Å²) in [4.78, 5) is 11.9. The minimum atomic E-state index is -0.244. The number of hydrogen-bond donors (Lipinski definition) is 3. The molecule has 5 nitrogen and oxygen atoms in total. The molecular weight excluding hydrogens is 312 g/mol. The average molecular weight is 334 g/mol. The van der Waals surface area contributed by atoms with Gasteiger partial charge in [0.05, 0.1) is 7.11 Å². The highest BCUT2D eigenvalue weighted by atomic mass is 32.1. The summed E-state index contributed by atoms with van der Waals surface area (Å²) in [5.74, 6) is 0.964. The highest BCUT2D eigenvalue weighted by Crippen LogP contribution is 2.24. The number of ether oxygens (including phenoxy) is 1. The number of urea groups is 1. The van der Waals surface area contributed by atoms with Crippen LogP contribution in [0.4, 0.5) is 10.5 Å². The quantitative estimate of drug-likeness (QED) is 0.692. The van der Waals surface area contributed by atoms with Crippen molar-refractivity contribution in [1.29, 1.82) is 0 Å². The number of aliphatic hydroxyl groups excluding tert-OH is 1. The first-order valence-corrected chi connectivity index (χ1v) is 8.49. The Hall–Kier alpha value is -2.05. The predicted octanol–water partition coefficient (Wildman–Crippen LogP) is 3.43. The van der Waals surface area contributed by atoms with Gasteiger partial charge in [-0.3, -0.25) is 0 Å². The molecule has 6 heteroatoms. The van der Waals surface area contributed by atoms with Crippen molar-refractivity contribution in [3.63, 3.8) is 0 Å². The van der Waals surface area contributed by atoms with Gasteiger partial charge >= 0.3 is 6.03 Å². The van der Waals surface area contributed by atoms with Crippen LogP contribution in [0.5, 0.6) is 5.75 Å². The summed E-state index contributed by atoms with van der Waals surface area (Å²) < 4.78 is 5.12. The lowest BCUT2D eigenvalue weighted by molar-refractivity contribution is 0.250. The lowest BCUT2D eigenvalue weighted by Crippen LogP contribution is -2.30. The summed E-state index contributed by atoms with van der Waals surface area (Å²) >= 11 is 1.65. The van der Waals surface area contributed by atoms with E-state index in [1.54, 1.807) is 24.5 Å². The van der Waals surface area contributed by atoms with E-state index in [2.05, 4.69) is 22.1 Å². The zero-order valence-electron chi connectivity index (χ0n) is 13.1. The van der Waals surface area contributed by atoms with Gasteiger partial charge in [-0.15, -0.1) is 0 Å². The van der Waals surface area contributed by atoms with Crippen LogP contribution in [0, 0.1) is 0 Å². The second kappa shape index (κ2) is 9.17. The minimum Gasteiger partial charge on any atom is -0.497 e. The maximum atomic E-state index is 11.9. The number of aliphatic hydroxyl groups is 1. The SMILES string of the molecule is COc1cccc(NC(=O)NCC[C@@H](CCO)c2ccsc2)c1. The number of amides is 2. The van der Waals surface area contributed by atoms with E-state index in [1.807, 2.05) is 23.6 Å². The fourth-order valence-electron chi connectivity index (χ4n) is 2.38. The second-order valence-electron chi connectivity index (χ2n) is 5.17. The lowest BCUT2D eigenvalue weighted by atomic mass is 9.95. The minimum absolute atomic E-state index is 0.149. The first-order chi connectivity index (χ1) is 11.2. The van der Waals surface area contributed by atoms with E-state index >= 15 is 0 Å². The molecule has 0 unspecified atom stereocenters. The van der Waals surface area contributed by atoms with Crippen LogP contribution in [0.2, 0.25) is 0 Å². The summed E-state index contributed by atoms with van der Waals surface area (Å²) in [6, 6.07) is 9.04. The summed E-state index contributed by atoms with van der Waals surface area (Å²) in [5, 5.41) is 18.9. The molecule has 1 aromatic carbocycles. The molecule has 0 aliphatic rings. The van der Waals surface area contributed by atoms with Crippen LogP contribution in [-0.2, 0) is 0 Å². The van der Waals surface area contributed by atoms with Crippen molar-refractivity contribution >= 4 is 23.1 Å². The van der Waals surface area contributed by atoms with Gasteiger partial charge in [-0.05, 0) is 53.3 Å². The van der Waals surface area contributed by atoms with E-state index in [9.17, 15) is 9.90 Å². The molecule has 23 heavy (non-hydrogen) atoms. The number of carbonyl (C=O) groups excluding carboxylic acids is 1. The molecule has 1 atom stereocenters. The summed E-state index contributed by atoms with van der Waals surface area (Å²) in [5.41, 5.74) is 1.91. The molecule has 0 aliphatic heterocycles. The van der Waals surface area contributed by atoms with E-state index in [0.29, 0.717) is 24.4 Å². The van der Waals surface area contributed by atoms with Gasteiger partial charge in [0.15, 0.2) is 0 Å². The van der Waals surface area contributed by atoms with Gasteiger partial charge in [-0.2, -0.15) is 11.3 Å². The Bertz CT molecular complexity index is 602. The molecule has 0 aliphatic carbocycles. The van der Waals surface area contributed by atoms with Crippen molar-refractivity contribution in [2.45, 2.75) is 18.8 Å². The molecule has 2 amide bonds. The van der Waals surface area contributed by atoms with Crippen LogP contribution >= 0.6 is 11.3 Å². The monoisotopic (exact) mass is 334 g/mol. The van der Waals surface area contributed by atoms with Gasteiger partial charge in [-0.25, -0.2) is 4.79 Å². The van der Waals surface area contributed by atoms with Gasteiger partial charge in [0.2, 0.25) is 0 Å². The van der Waals surface area contributed by atoms with Crippen molar-refractivity contribution < 1.29 is 14.6 Å². The number of anilines is 1. The average Bonchev–Trinajstić information content (AvgIpc) is 3.08. The molecule has 1 aromatic heterocycles. The molecule has 0 saturated carbocycles. The van der Waals surface area contributed by atoms with E-state index in [1.165, 1.54) is 5.56 Å². The smallest absolute Gasteiger partial charge is 0.319 e. The summed E-state index contributed by atoms with van der Waals surface area (Å²) in [6.45, 7) is 0.701. The summed E-state index contributed by atoms with van der Waals surface area (Å²) in [6.07, 6.45) is 1.50. The summed E-state index contributed by atoms with van der Waals surface area (Å²) in [7, 11) is 1.59. The fraction of sp³-hybridized carbons (Fsp3) is 0.353. The van der Waals surface area contributed by atoms with Crippen LogP contribution in [0.25, 0.3) is 0 Å². The number of benzene rings is 1. The molecular formula is C17H22N2O3S. The molecule has 3 N–H and O–H groups in total. The van der Waals surface area contributed by atoms with Crippen molar-refractivity contribution in [2.75, 3.05) is 25.6 Å². The highest BCUT2D eigenvalue weighted by molar-refractivity contribution is 7.07. The van der Waals surface area contributed by atoms with Crippen LogP contribution in [-0.4, -0.2) is 31.4 Å². The van der Waals surface area contributed by atoms with Gasteiger partial charge < -0.3 is 20.5 Å². The molecule has 2 rings (SSSR count). The van der Waals surface area contributed by atoms with E-state index in [4.69, 9.17) is 4.74 Å². The maximum Gasteiger partial charge on any atom is 0.319 e. The number of methoxy groups -OCH3 is 1. The van der Waals surface area contributed by atoms with Crippen molar-refractivity contribution in [3.05, 3.63) is 46.7 Å². The number of hydrogen-bond acceptors (Lipinski definition) is 4. The number of nitrogens with one attached hydrogen (secondary N) is 2. The zero-order valence-corrected chi connectivity index (χ0v) is 13.9.